The van der Waals surface area contributed by atoms with Crippen LogP contribution in [0, 0.1) is 0 Å². The van der Waals surface area contributed by atoms with Crippen LogP contribution in [0.1, 0.15) is 0 Å². The second kappa shape index (κ2) is 12.6. The molecule has 5 heteroatoms. The fourth-order valence-corrected chi connectivity index (χ4v) is 6.62. The van der Waals surface area contributed by atoms with Gasteiger partial charge >= 0.3 is 0 Å². The van der Waals surface area contributed by atoms with Gasteiger partial charge in [0.2, 0.25) is 0 Å². The molecular weight excluding hydrogens is 611 g/mol. The zero-order valence-electron chi connectivity index (χ0n) is 27.1. The Labute approximate surface area is 290 Å². The van der Waals surface area contributed by atoms with Crippen molar-refractivity contribution in [1.82, 2.24) is 19.4 Å². The first-order valence-electron chi connectivity index (χ1n) is 16.7. The molecule has 5 aromatic carbocycles. The van der Waals surface area contributed by atoms with Gasteiger partial charge in [-0.15, -0.1) is 0 Å². The normalized spacial score (nSPS) is 11.2. The predicted octanol–water partition coefficient (Wildman–Crippen LogP) is 11.4. The summed E-state index contributed by atoms with van der Waals surface area (Å²) in [4.78, 5) is 16.8. The van der Waals surface area contributed by atoms with E-state index in [0.29, 0.717) is 0 Å². The topological polar surface area (TPSA) is 46.3 Å². The van der Waals surface area contributed by atoms with Crippen molar-refractivity contribution in [3.05, 3.63) is 188 Å². The highest BCUT2D eigenvalue weighted by molar-refractivity contribution is 5.87. The van der Waals surface area contributed by atoms with E-state index < -0.39 is 0 Å². The van der Waals surface area contributed by atoms with Gasteiger partial charge in [0, 0.05) is 41.2 Å². The van der Waals surface area contributed by atoms with E-state index >= 15 is 0 Å². The Bertz CT molecular complexity index is 2460. The fraction of sp³-hybridized carbons (Fsp3) is 0. The molecule has 0 aliphatic carbocycles. The molecule has 0 radical (unpaired) electrons. The predicted molar refractivity (Wildman–Crippen MR) is 205 cm³/mol. The van der Waals surface area contributed by atoms with E-state index in [1.54, 1.807) is 6.20 Å². The van der Waals surface area contributed by atoms with Gasteiger partial charge < -0.3 is 4.90 Å². The lowest BCUT2D eigenvalue weighted by Gasteiger charge is -2.26. The molecule has 5 nitrogen and oxygen atoms in total. The molecule has 236 valence electrons. The van der Waals surface area contributed by atoms with Crippen molar-refractivity contribution in [3.63, 3.8) is 0 Å². The molecule has 4 heterocycles. The Kier molecular flexibility index (Phi) is 7.41. The summed E-state index contributed by atoms with van der Waals surface area (Å²) in [5, 5.41) is 0. The molecule has 0 atom stereocenters. The third kappa shape index (κ3) is 5.47. The molecule has 0 aliphatic rings. The Hall–Kier alpha value is -6.85. The van der Waals surface area contributed by atoms with Crippen LogP contribution in [-0.2, 0) is 0 Å². The summed E-state index contributed by atoms with van der Waals surface area (Å²) >= 11 is 0. The molecule has 0 bridgehead atoms. The van der Waals surface area contributed by atoms with Crippen LogP contribution in [0.2, 0.25) is 0 Å². The maximum atomic E-state index is 5.06. The zero-order valence-corrected chi connectivity index (χ0v) is 27.1. The molecule has 0 unspecified atom stereocenters. The lowest BCUT2D eigenvalue weighted by Crippen LogP contribution is -2.09. The molecule has 0 saturated heterocycles. The van der Waals surface area contributed by atoms with Crippen LogP contribution in [0.3, 0.4) is 0 Å². The Morgan fingerprint density at radius 3 is 1.50 bits per heavy atom. The van der Waals surface area contributed by atoms with E-state index in [0.717, 1.165) is 56.3 Å². The molecule has 50 heavy (non-hydrogen) atoms. The number of hydrogen-bond acceptors (Lipinski definition) is 4. The van der Waals surface area contributed by atoms with Crippen LogP contribution in [-0.4, -0.2) is 19.4 Å². The van der Waals surface area contributed by atoms with Crippen molar-refractivity contribution in [1.29, 1.82) is 0 Å². The molecule has 0 saturated carbocycles. The highest BCUT2D eigenvalue weighted by Gasteiger charge is 2.16. The fourth-order valence-electron chi connectivity index (χ4n) is 6.62. The zero-order chi connectivity index (χ0) is 33.3. The molecule has 9 rings (SSSR count). The summed E-state index contributed by atoms with van der Waals surface area (Å²) in [6.45, 7) is 0. The molecule has 9 aromatic rings. The van der Waals surface area contributed by atoms with Gasteiger partial charge in [0.15, 0.2) is 5.65 Å². The molecular formula is C45H31N5. The van der Waals surface area contributed by atoms with E-state index in [9.17, 15) is 0 Å². The lowest BCUT2D eigenvalue weighted by molar-refractivity contribution is 1.16. The van der Waals surface area contributed by atoms with Crippen molar-refractivity contribution < 1.29 is 0 Å². The van der Waals surface area contributed by atoms with Gasteiger partial charge in [-0.25, -0.2) is 9.97 Å². The first kappa shape index (κ1) is 29.3. The summed E-state index contributed by atoms with van der Waals surface area (Å²) in [6.07, 6.45) is 5.76. The van der Waals surface area contributed by atoms with Crippen molar-refractivity contribution in [2.45, 2.75) is 0 Å². The Morgan fingerprint density at radius 1 is 0.440 bits per heavy atom. The second-order valence-electron chi connectivity index (χ2n) is 12.2. The summed E-state index contributed by atoms with van der Waals surface area (Å²) in [6, 6.07) is 59.3. The lowest BCUT2D eigenvalue weighted by atomic mass is 10.0. The number of aromatic nitrogens is 4. The minimum Gasteiger partial charge on any atom is -0.311 e. The molecule has 0 spiro atoms. The number of rotatable bonds is 7. The highest BCUT2D eigenvalue weighted by atomic mass is 15.1. The molecule has 0 aliphatic heterocycles. The van der Waals surface area contributed by atoms with Crippen molar-refractivity contribution >= 4 is 33.7 Å². The smallest absolute Gasteiger partial charge is 0.163 e. The van der Waals surface area contributed by atoms with Gasteiger partial charge in [0.1, 0.15) is 11.2 Å². The monoisotopic (exact) mass is 641 g/mol. The summed E-state index contributed by atoms with van der Waals surface area (Å²) < 4.78 is 2.09. The molecule has 4 aromatic heterocycles. The number of nitrogens with zero attached hydrogens (tertiary/aromatic N) is 5. The van der Waals surface area contributed by atoms with Crippen LogP contribution >= 0.6 is 0 Å². The van der Waals surface area contributed by atoms with E-state index in [-0.39, 0.29) is 0 Å². The van der Waals surface area contributed by atoms with Crippen molar-refractivity contribution in [2.24, 2.45) is 0 Å². The highest BCUT2D eigenvalue weighted by Crippen LogP contribution is 2.38. The third-order valence-corrected chi connectivity index (χ3v) is 9.13. The summed E-state index contributed by atoms with van der Waals surface area (Å²) in [7, 11) is 0. The number of hydrogen-bond donors (Lipinski definition) is 0. The van der Waals surface area contributed by atoms with E-state index in [4.69, 9.17) is 9.97 Å². The van der Waals surface area contributed by atoms with Gasteiger partial charge in [-0.1, -0.05) is 103 Å². The maximum absolute atomic E-state index is 5.06. The average molecular weight is 642 g/mol. The van der Waals surface area contributed by atoms with Crippen molar-refractivity contribution in [3.8, 4) is 44.8 Å². The van der Waals surface area contributed by atoms with E-state index in [2.05, 4.69) is 148 Å². The minimum atomic E-state index is 0.814. The molecule has 0 amide bonds. The summed E-state index contributed by atoms with van der Waals surface area (Å²) in [5.41, 5.74) is 14.3. The van der Waals surface area contributed by atoms with Gasteiger partial charge in [-0.2, -0.15) is 0 Å². The van der Waals surface area contributed by atoms with Crippen LogP contribution < -0.4 is 4.90 Å². The third-order valence-electron chi connectivity index (χ3n) is 9.13. The maximum Gasteiger partial charge on any atom is 0.163 e. The largest absolute Gasteiger partial charge is 0.311 e. The van der Waals surface area contributed by atoms with Crippen molar-refractivity contribution in [2.75, 3.05) is 4.90 Å². The minimum absolute atomic E-state index is 0.814. The van der Waals surface area contributed by atoms with Gasteiger partial charge in [0.05, 0.1) is 11.2 Å². The van der Waals surface area contributed by atoms with Crippen LogP contribution in [0.5, 0.6) is 0 Å². The van der Waals surface area contributed by atoms with Crippen LogP contribution in [0.25, 0.3) is 61.4 Å². The number of benzene rings is 5. The van der Waals surface area contributed by atoms with E-state index in [1.165, 1.54) is 22.3 Å². The number of anilines is 3. The SMILES string of the molecule is c1ccc(-c2ccc(N(c3ccc(-c4ccccc4)cc3)c3ccc(-c4cnc5c(c4)nc(-c4ccccn4)c4cccn45)cc3)cc2)cc1. The number of pyridine rings is 2. The van der Waals surface area contributed by atoms with Crippen LogP contribution in [0.15, 0.2) is 188 Å². The number of fused-ring (bicyclic) bond motifs is 3. The second-order valence-corrected chi connectivity index (χ2v) is 12.2. The van der Waals surface area contributed by atoms with Gasteiger partial charge in [-0.3, -0.25) is 9.38 Å². The molecule has 0 N–H and O–H groups in total. The van der Waals surface area contributed by atoms with Gasteiger partial charge in [0.25, 0.3) is 0 Å². The quantitative estimate of drug-likeness (QED) is 0.174. The Morgan fingerprint density at radius 2 is 0.960 bits per heavy atom. The first-order chi connectivity index (χ1) is 24.8. The first-order valence-corrected chi connectivity index (χ1v) is 16.7. The summed E-state index contributed by atoms with van der Waals surface area (Å²) in [5.74, 6) is 0. The van der Waals surface area contributed by atoms with E-state index in [1.807, 2.05) is 48.8 Å². The van der Waals surface area contributed by atoms with Crippen LogP contribution in [0.4, 0.5) is 17.1 Å². The Balaban J connectivity index is 1.09. The standard InChI is InChI=1S/C45H31N5/c1-3-10-32(11-4-1)34-16-22-38(23-17-34)50(39-24-18-35(19-25-39)33-12-5-2-6-13-33)40-26-20-36(21-27-40)37-30-42-45(47-31-37)49-29-9-15-43(49)44(48-42)41-14-7-8-28-46-41/h1-31H. The molecule has 0 fully saturated rings. The van der Waals surface area contributed by atoms with Gasteiger partial charge in [-0.05, 0) is 94.5 Å². The average Bonchev–Trinajstić information content (AvgIpc) is 3.70.